The topological polar surface area (TPSA) is 56.7 Å². The van der Waals surface area contributed by atoms with E-state index in [2.05, 4.69) is 138 Å². The number of thiophene rings is 1. The molecule has 0 spiro atoms. The molecule has 0 saturated heterocycles. The minimum Gasteiger partial charge on any atom is -0.455 e. The Morgan fingerprint density at radius 1 is 0.386 bits per heavy atom. The number of aromatic nitrogens is 4. The molecule has 0 N–H and O–H groups in total. The Labute approximate surface area is 330 Å². The first-order valence-electron chi connectivity index (χ1n) is 19.0. The third kappa shape index (κ3) is 4.98. The zero-order valence-corrected chi connectivity index (χ0v) is 31.2. The van der Waals surface area contributed by atoms with Crippen LogP contribution in [0.25, 0.3) is 115 Å². The van der Waals surface area contributed by atoms with E-state index >= 15 is 0 Å². The van der Waals surface area contributed by atoms with Crippen molar-refractivity contribution in [1.82, 2.24) is 19.5 Å². The van der Waals surface area contributed by atoms with Crippen molar-refractivity contribution in [2.45, 2.75) is 0 Å². The van der Waals surface area contributed by atoms with E-state index in [1.165, 1.54) is 30.9 Å². The van der Waals surface area contributed by atoms with Crippen LogP contribution in [0.4, 0.5) is 0 Å². The van der Waals surface area contributed by atoms with E-state index in [1.54, 1.807) is 0 Å². The number of benzene rings is 8. The number of fused-ring (bicyclic) bond motifs is 10. The molecule has 266 valence electrons. The van der Waals surface area contributed by atoms with E-state index in [9.17, 15) is 0 Å². The van der Waals surface area contributed by atoms with E-state index in [-0.39, 0.29) is 0 Å². The van der Waals surface area contributed by atoms with Crippen molar-refractivity contribution in [3.05, 3.63) is 182 Å². The van der Waals surface area contributed by atoms with Gasteiger partial charge in [-0.2, -0.15) is 0 Å². The molecule has 4 aromatic heterocycles. The Balaban J connectivity index is 1.12. The first-order chi connectivity index (χ1) is 28.3. The van der Waals surface area contributed by atoms with Gasteiger partial charge in [-0.3, -0.25) is 0 Å². The fraction of sp³-hybridized carbons (Fsp3) is 0. The zero-order valence-electron chi connectivity index (χ0n) is 30.4. The van der Waals surface area contributed by atoms with Gasteiger partial charge in [0.05, 0.1) is 27.7 Å². The van der Waals surface area contributed by atoms with Crippen molar-refractivity contribution in [2.75, 3.05) is 0 Å². The maximum Gasteiger partial charge on any atom is 0.167 e. The monoisotopic (exact) mass is 746 g/mol. The van der Waals surface area contributed by atoms with Gasteiger partial charge in [0.1, 0.15) is 11.2 Å². The highest BCUT2D eigenvalue weighted by molar-refractivity contribution is 7.26. The highest BCUT2D eigenvalue weighted by Crippen LogP contribution is 2.46. The molecule has 0 bridgehead atoms. The van der Waals surface area contributed by atoms with Gasteiger partial charge >= 0.3 is 0 Å². The summed E-state index contributed by atoms with van der Waals surface area (Å²) < 4.78 is 11.9. The molecule has 8 aromatic carbocycles. The second-order valence-electron chi connectivity index (χ2n) is 14.3. The molecular weight excluding hydrogens is 717 g/mol. The SMILES string of the molecule is c1ccc(-c2ccc(-c3nc(-c4ccccc4)nc(-c4ccc(-n5c6ccccc6c6c7c(ccc65)sc5ccccc57)c5c4oc4ccccc45)n3)cc2)cc1. The van der Waals surface area contributed by atoms with Crippen LogP contribution in [-0.4, -0.2) is 19.5 Å². The van der Waals surface area contributed by atoms with Crippen LogP contribution < -0.4 is 0 Å². The Morgan fingerprint density at radius 3 is 1.77 bits per heavy atom. The predicted octanol–water partition coefficient (Wildman–Crippen LogP) is 13.9. The number of rotatable bonds is 5. The molecule has 4 heterocycles. The predicted molar refractivity (Wildman–Crippen MR) is 236 cm³/mol. The summed E-state index contributed by atoms with van der Waals surface area (Å²) in [6, 6.07) is 63.6. The fourth-order valence-corrected chi connectivity index (χ4v) is 9.61. The Bertz CT molecular complexity index is 3510. The van der Waals surface area contributed by atoms with Crippen molar-refractivity contribution in [2.24, 2.45) is 0 Å². The van der Waals surface area contributed by atoms with Gasteiger partial charge in [-0.25, -0.2) is 15.0 Å². The molecule has 0 aliphatic carbocycles. The summed E-state index contributed by atoms with van der Waals surface area (Å²) in [7, 11) is 0. The lowest BCUT2D eigenvalue weighted by Crippen LogP contribution is -2.01. The van der Waals surface area contributed by atoms with Crippen molar-refractivity contribution in [3.8, 4) is 51.0 Å². The summed E-state index contributed by atoms with van der Waals surface area (Å²) in [6.07, 6.45) is 0. The molecule has 0 radical (unpaired) electrons. The van der Waals surface area contributed by atoms with Crippen molar-refractivity contribution < 1.29 is 4.42 Å². The Kier molecular flexibility index (Phi) is 7.03. The van der Waals surface area contributed by atoms with Crippen molar-refractivity contribution in [3.63, 3.8) is 0 Å². The van der Waals surface area contributed by atoms with Gasteiger partial charge in [0.2, 0.25) is 0 Å². The van der Waals surface area contributed by atoms with Crippen LogP contribution >= 0.6 is 11.3 Å². The van der Waals surface area contributed by atoms with Gasteiger partial charge in [0.25, 0.3) is 0 Å². The second kappa shape index (κ2) is 12.6. The maximum atomic E-state index is 6.86. The summed E-state index contributed by atoms with van der Waals surface area (Å²) in [6.45, 7) is 0. The van der Waals surface area contributed by atoms with Crippen LogP contribution in [0.2, 0.25) is 0 Å². The standard InChI is InChI=1S/C51H30N4OS/c1-3-13-31(14-4-1)32-23-25-34(26-24-32)50-52-49(33-15-5-2-6-16-33)53-51(54-50)38-27-28-41(46-36-18-8-11-21-42(36)56-48(38)46)55-39-20-10-7-17-35(39)45-40(55)29-30-44-47(45)37-19-9-12-22-43(37)57-44/h1-30H. The van der Waals surface area contributed by atoms with E-state index in [0.717, 1.165) is 66.5 Å². The van der Waals surface area contributed by atoms with Crippen molar-refractivity contribution >= 4 is 75.3 Å². The average molecular weight is 747 g/mol. The summed E-state index contributed by atoms with van der Waals surface area (Å²) >= 11 is 1.85. The van der Waals surface area contributed by atoms with Crippen LogP contribution in [0.3, 0.4) is 0 Å². The van der Waals surface area contributed by atoms with Crippen LogP contribution in [0.15, 0.2) is 186 Å². The van der Waals surface area contributed by atoms with E-state index in [4.69, 9.17) is 19.4 Å². The summed E-state index contributed by atoms with van der Waals surface area (Å²) in [5, 5.41) is 7.12. The lowest BCUT2D eigenvalue weighted by atomic mass is 10.0. The second-order valence-corrected chi connectivity index (χ2v) is 15.4. The largest absolute Gasteiger partial charge is 0.455 e. The average Bonchev–Trinajstić information content (AvgIpc) is 3.97. The number of hydrogen-bond acceptors (Lipinski definition) is 5. The molecule has 0 unspecified atom stereocenters. The molecule has 0 atom stereocenters. The summed E-state index contributed by atoms with van der Waals surface area (Å²) in [4.78, 5) is 15.4. The number of para-hydroxylation sites is 2. The Hall–Kier alpha value is -7.41. The Morgan fingerprint density at radius 2 is 0.982 bits per heavy atom. The van der Waals surface area contributed by atoms with Gasteiger partial charge in [-0.05, 0) is 53.6 Å². The molecular formula is C51H30N4OS. The van der Waals surface area contributed by atoms with Gasteiger partial charge in [-0.1, -0.05) is 140 Å². The molecule has 0 aliphatic rings. The van der Waals surface area contributed by atoms with E-state index in [0.29, 0.717) is 17.5 Å². The molecule has 12 rings (SSSR count). The van der Waals surface area contributed by atoms with Gasteiger partial charge in [-0.15, -0.1) is 11.3 Å². The summed E-state index contributed by atoms with van der Waals surface area (Å²) in [5.74, 6) is 1.75. The molecule has 0 aliphatic heterocycles. The van der Waals surface area contributed by atoms with Gasteiger partial charge in [0, 0.05) is 47.5 Å². The first-order valence-corrected chi connectivity index (χ1v) is 19.8. The molecule has 6 heteroatoms. The minimum atomic E-state index is 0.551. The molecule has 0 fully saturated rings. The zero-order chi connectivity index (χ0) is 37.5. The van der Waals surface area contributed by atoms with Gasteiger partial charge in [0.15, 0.2) is 17.5 Å². The maximum absolute atomic E-state index is 6.86. The van der Waals surface area contributed by atoms with E-state index in [1.807, 2.05) is 59.9 Å². The third-order valence-corrected chi connectivity index (χ3v) is 12.2. The summed E-state index contributed by atoms with van der Waals surface area (Å²) in [5.41, 5.74) is 9.80. The smallest absolute Gasteiger partial charge is 0.167 e. The molecule has 0 saturated carbocycles. The van der Waals surface area contributed by atoms with E-state index < -0.39 is 0 Å². The lowest BCUT2D eigenvalue weighted by Gasteiger charge is -2.13. The minimum absolute atomic E-state index is 0.551. The van der Waals surface area contributed by atoms with Crippen LogP contribution in [0.1, 0.15) is 0 Å². The van der Waals surface area contributed by atoms with Gasteiger partial charge < -0.3 is 8.98 Å². The lowest BCUT2D eigenvalue weighted by molar-refractivity contribution is 0.669. The molecule has 57 heavy (non-hydrogen) atoms. The van der Waals surface area contributed by atoms with Crippen LogP contribution in [0.5, 0.6) is 0 Å². The molecule has 5 nitrogen and oxygen atoms in total. The van der Waals surface area contributed by atoms with Crippen LogP contribution in [0, 0.1) is 0 Å². The third-order valence-electron chi connectivity index (χ3n) is 11.1. The molecule has 12 aromatic rings. The fourth-order valence-electron chi connectivity index (χ4n) is 8.49. The highest BCUT2D eigenvalue weighted by atomic mass is 32.1. The number of nitrogens with zero attached hydrogens (tertiary/aromatic N) is 4. The normalized spacial score (nSPS) is 11.9. The van der Waals surface area contributed by atoms with Crippen molar-refractivity contribution in [1.29, 1.82) is 0 Å². The molecule has 0 amide bonds. The first kappa shape index (κ1) is 31.9. The quantitative estimate of drug-likeness (QED) is 0.176. The number of hydrogen-bond donors (Lipinski definition) is 0. The highest BCUT2D eigenvalue weighted by Gasteiger charge is 2.24. The number of furan rings is 1. The van der Waals surface area contributed by atoms with Crippen LogP contribution in [-0.2, 0) is 0 Å².